The van der Waals surface area contributed by atoms with Gasteiger partial charge in [-0.3, -0.25) is 14.4 Å². The van der Waals surface area contributed by atoms with Crippen LogP contribution in [-0.4, -0.2) is 41.2 Å². The molecular formula is C22H22BrNO5. The van der Waals surface area contributed by atoms with Crippen LogP contribution in [0.25, 0.3) is 0 Å². The molecule has 0 fully saturated rings. The van der Waals surface area contributed by atoms with Gasteiger partial charge in [0.25, 0.3) is 0 Å². The topological polar surface area (TPSA) is 83.9 Å². The van der Waals surface area contributed by atoms with E-state index in [1.807, 2.05) is 18.2 Å². The Morgan fingerprint density at radius 3 is 2.21 bits per heavy atom. The van der Waals surface area contributed by atoms with Crippen molar-refractivity contribution >= 4 is 33.5 Å². The highest BCUT2D eigenvalue weighted by atomic mass is 79.9. The van der Waals surface area contributed by atoms with Gasteiger partial charge in [0.1, 0.15) is 12.3 Å². The van der Waals surface area contributed by atoms with Crippen LogP contribution in [0.4, 0.5) is 0 Å². The summed E-state index contributed by atoms with van der Waals surface area (Å²) in [7, 11) is 1.57. The van der Waals surface area contributed by atoms with Crippen molar-refractivity contribution in [3.8, 4) is 5.75 Å². The molecule has 0 saturated carbocycles. The molecule has 2 aliphatic carbocycles. The second kappa shape index (κ2) is 7.78. The van der Waals surface area contributed by atoms with Gasteiger partial charge in [0, 0.05) is 51.3 Å². The van der Waals surface area contributed by atoms with Gasteiger partial charge in [-0.05, 0) is 43.9 Å². The molecule has 3 aliphatic rings. The summed E-state index contributed by atoms with van der Waals surface area (Å²) in [6.45, 7) is -0.236. The van der Waals surface area contributed by atoms with Gasteiger partial charge in [0.15, 0.2) is 11.6 Å². The number of benzene rings is 1. The summed E-state index contributed by atoms with van der Waals surface area (Å²) in [5.74, 6) is -0.908. The first-order chi connectivity index (χ1) is 13.9. The highest BCUT2D eigenvalue weighted by Gasteiger charge is 2.44. The first-order valence-corrected chi connectivity index (χ1v) is 10.6. The van der Waals surface area contributed by atoms with Crippen LogP contribution in [0.5, 0.6) is 5.75 Å². The SMILES string of the molecule is COc1ccc(Br)cc1C1C2=C(CCCC2=O)N(CC(=O)O)C2=C1C(=O)CCC2. The van der Waals surface area contributed by atoms with Crippen molar-refractivity contribution in [3.63, 3.8) is 0 Å². The fourth-order valence-corrected chi connectivity index (χ4v) is 5.16. The number of methoxy groups -OCH3 is 1. The van der Waals surface area contributed by atoms with Crippen LogP contribution in [0.1, 0.15) is 50.0 Å². The van der Waals surface area contributed by atoms with Gasteiger partial charge in [0.05, 0.1) is 7.11 Å². The Morgan fingerprint density at radius 1 is 1.10 bits per heavy atom. The summed E-state index contributed by atoms with van der Waals surface area (Å²) in [4.78, 5) is 39.5. The number of aliphatic carboxylic acids is 1. The van der Waals surface area contributed by atoms with Crippen LogP contribution in [-0.2, 0) is 14.4 Å². The molecule has 0 aromatic heterocycles. The summed E-state index contributed by atoms with van der Waals surface area (Å²) in [5.41, 5.74) is 3.39. The van der Waals surface area contributed by atoms with Crippen molar-refractivity contribution in [2.45, 2.75) is 44.4 Å². The van der Waals surface area contributed by atoms with Gasteiger partial charge in [0.2, 0.25) is 0 Å². The van der Waals surface area contributed by atoms with Crippen LogP contribution in [0.2, 0.25) is 0 Å². The molecule has 4 rings (SSSR count). The number of halogens is 1. The predicted molar refractivity (Wildman–Crippen MR) is 110 cm³/mol. The van der Waals surface area contributed by atoms with Gasteiger partial charge >= 0.3 is 5.97 Å². The van der Waals surface area contributed by atoms with E-state index in [1.54, 1.807) is 12.0 Å². The fraction of sp³-hybridized carbons (Fsp3) is 0.409. The highest BCUT2D eigenvalue weighted by Crippen LogP contribution is 2.51. The molecule has 1 heterocycles. The number of hydrogen-bond donors (Lipinski definition) is 1. The van der Waals surface area contributed by atoms with Crippen LogP contribution in [0, 0.1) is 0 Å². The number of carbonyl (C=O) groups excluding carboxylic acids is 2. The Labute approximate surface area is 177 Å². The monoisotopic (exact) mass is 459 g/mol. The zero-order chi connectivity index (χ0) is 20.7. The van der Waals surface area contributed by atoms with E-state index in [0.717, 1.165) is 21.4 Å². The summed E-state index contributed by atoms with van der Waals surface area (Å²) < 4.78 is 6.41. The van der Waals surface area contributed by atoms with E-state index in [4.69, 9.17) is 4.74 Å². The molecule has 0 amide bonds. The summed E-state index contributed by atoms with van der Waals surface area (Å²) in [6, 6.07) is 5.58. The van der Waals surface area contributed by atoms with Gasteiger partial charge in [-0.25, -0.2) is 0 Å². The normalized spacial score (nSPS) is 20.0. The van der Waals surface area contributed by atoms with E-state index >= 15 is 0 Å². The lowest BCUT2D eigenvalue weighted by molar-refractivity contribution is -0.138. The maximum Gasteiger partial charge on any atom is 0.323 e. The standard InChI is InChI=1S/C22H22BrNO5/c1-29-18-9-8-12(23)10-13(18)20-21-14(4-2-6-16(21)25)24(11-19(27)28)15-5-3-7-17(26)22(15)20/h8-10,20H,2-7,11H2,1H3,(H,27,28). The number of hydrogen-bond acceptors (Lipinski definition) is 5. The van der Waals surface area contributed by atoms with Gasteiger partial charge < -0.3 is 14.7 Å². The minimum Gasteiger partial charge on any atom is -0.496 e. The lowest BCUT2D eigenvalue weighted by atomic mass is 9.70. The van der Waals surface area contributed by atoms with Crippen LogP contribution in [0.3, 0.4) is 0 Å². The van der Waals surface area contributed by atoms with Crippen molar-refractivity contribution in [2.24, 2.45) is 0 Å². The lowest BCUT2D eigenvalue weighted by Gasteiger charge is -2.43. The second-order valence-electron chi connectivity index (χ2n) is 7.57. The third-order valence-corrected chi connectivity index (χ3v) is 6.38. The van der Waals surface area contributed by atoms with E-state index in [-0.39, 0.29) is 18.1 Å². The molecule has 152 valence electrons. The smallest absolute Gasteiger partial charge is 0.323 e. The van der Waals surface area contributed by atoms with Gasteiger partial charge in [-0.2, -0.15) is 0 Å². The summed E-state index contributed by atoms with van der Waals surface area (Å²) >= 11 is 3.50. The van der Waals surface area contributed by atoms with Gasteiger partial charge in [-0.15, -0.1) is 0 Å². The molecule has 0 bridgehead atoms. The first-order valence-electron chi connectivity index (χ1n) is 9.77. The van der Waals surface area contributed by atoms with E-state index in [2.05, 4.69) is 15.9 Å². The summed E-state index contributed by atoms with van der Waals surface area (Å²) in [5, 5.41) is 9.50. The Hall–Kier alpha value is -2.41. The Kier molecular flexibility index (Phi) is 5.34. The van der Waals surface area contributed by atoms with Crippen molar-refractivity contribution in [2.75, 3.05) is 13.7 Å². The van der Waals surface area contributed by atoms with Crippen LogP contribution >= 0.6 is 15.9 Å². The number of ether oxygens (including phenoxy) is 1. The van der Waals surface area contributed by atoms with Crippen molar-refractivity contribution < 1.29 is 24.2 Å². The molecule has 0 atom stereocenters. The van der Waals surface area contributed by atoms with Gasteiger partial charge in [-0.1, -0.05) is 15.9 Å². The number of ketones is 2. The summed E-state index contributed by atoms with van der Waals surface area (Å²) in [6.07, 6.45) is 3.45. The quantitative estimate of drug-likeness (QED) is 0.733. The molecular weight excluding hydrogens is 438 g/mol. The average molecular weight is 460 g/mol. The van der Waals surface area contributed by atoms with E-state index in [0.29, 0.717) is 55.4 Å². The maximum absolute atomic E-state index is 13.1. The number of carbonyl (C=O) groups is 3. The van der Waals surface area contributed by atoms with E-state index in [9.17, 15) is 19.5 Å². The molecule has 1 aromatic carbocycles. The average Bonchev–Trinajstić information content (AvgIpc) is 2.68. The van der Waals surface area contributed by atoms with Crippen LogP contribution < -0.4 is 4.74 Å². The molecule has 29 heavy (non-hydrogen) atoms. The number of carboxylic acid groups (broad SMARTS) is 1. The maximum atomic E-state index is 13.1. The largest absolute Gasteiger partial charge is 0.496 e. The van der Waals surface area contributed by atoms with Crippen molar-refractivity contribution in [3.05, 3.63) is 50.8 Å². The lowest BCUT2D eigenvalue weighted by Crippen LogP contribution is -2.41. The van der Waals surface area contributed by atoms with Crippen LogP contribution in [0.15, 0.2) is 45.2 Å². The molecule has 0 spiro atoms. The number of allylic oxidation sites excluding steroid dienone is 4. The predicted octanol–water partition coefficient (Wildman–Crippen LogP) is 3.96. The molecule has 6 nitrogen and oxygen atoms in total. The minimum atomic E-state index is -0.974. The molecule has 0 saturated heterocycles. The third-order valence-electron chi connectivity index (χ3n) is 5.88. The molecule has 7 heteroatoms. The molecule has 0 radical (unpaired) electrons. The molecule has 1 aliphatic heterocycles. The molecule has 1 N–H and O–H groups in total. The zero-order valence-electron chi connectivity index (χ0n) is 16.2. The van der Waals surface area contributed by atoms with Crippen molar-refractivity contribution in [1.82, 2.24) is 4.90 Å². The highest BCUT2D eigenvalue weighted by molar-refractivity contribution is 9.10. The Balaban J connectivity index is 2.01. The number of rotatable bonds is 4. The Bertz CT molecular complexity index is 933. The van der Waals surface area contributed by atoms with Crippen molar-refractivity contribution in [1.29, 1.82) is 0 Å². The number of Topliss-reactive ketones (excluding diaryl/α,β-unsaturated/α-hetero) is 2. The Morgan fingerprint density at radius 2 is 1.69 bits per heavy atom. The molecule has 0 unspecified atom stereocenters. The number of nitrogens with zero attached hydrogens (tertiary/aromatic N) is 1. The third kappa shape index (κ3) is 3.41. The minimum absolute atomic E-state index is 0.0152. The molecule has 1 aromatic rings. The fourth-order valence-electron chi connectivity index (χ4n) is 4.78. The zero-order valence-corrected chi connectivity index (χ0v) is 17.8. The number of carboxylic acids is 1. The van der Waals surface area contributed by atoms with E-state index in [1.165, 1.54) is 0 Å². The second-order valence-corrected chi connectivity index (χ2v) is 8.49. The van der Waals surface area contributed by atoms with E-state index < -0.39 is 11.9 Å². The first kappa shape index (κ1) is 19.9.